The molecular weight excluding hydrogens is 272 g/mol. The molecule has 0 aromatic rings. The van der Waals surface area contributed by atoms with Gasteiger partial charge in [0.25, 0.3) is 0 Å². The van der Waals surface area contributed by atoms with Gasteiger partial charge in [0.1, 0.15) is 0 Å². The first kappa shape index (κ1) is 20.8. The molecule has 0 aliphatic rings. The minimum absolute atomic E-state index is 0.251. The average Bonchev–Trinajstić information content (AvgIpc) is 2.50. The van der Waals surface area contributed by atoms with Crippen molar-refractivity contribution in [3.05, 3.63) is 24.8 Å². The molecule has 0 bridgehead atoms. The van der Waals surface area contributed by atoms with E-state index in [9.17, 15) is 0 Å². The number of hydrogen-bond acceptors (Lipinski definition) is 1. The maximum atomic E-state index is 4.71. The number of rotatable bonds is 11. The fourth-order valence-electron chi connectivity index (χ4n) is 3.35. The van der Waals surface area contributed by atoms with Crippen LogP contribution < -0.4 is 0 Å². The lowest BCUT2D eigenvalue weighted by Crippen LogP contribution is -2.38. The standard InChI is InChI=1S/C20H38S/c1-8-11-12-16(4)13-14-18(6)20(7,15-21)19(10-3)17(5)9-2/h8,10-11,16-19,21H,3,9,12-15H2,1-2,4-7H3/b11-8-. The van der Waals surface area contributed by atoms with Gasteiger partial charge in [0, 0.05) is 0 Å². The average molecular weight is 311 g/mol. The van der Waals surface area contributed by atoms with Gasteiger partial charge in [0.05, 0.1) is 0 Å². The Labute approximate surface area is 139 Å². The van der Waals surface area contributed by atoms with Crippen LogP contribution in [0.15, 0.2) is 24.8 Å². The van der Waals surface area contributed by atoms with Crippen LogP contribution in [0.2, 0.25) is 0 Å². The molecule has 0 aliphatic heterocycles. The number of hydrogen-bond donors (Lipinski definition) is 1. The van der Waals surface area contributed by atoms with Gasteiger partial charge < -0.3 is 0 Å². The van der Waals surface area contributed by atoms with E-state index >= 15 is 0 Å². The zero-order chi connectivity index (χ0) is 16.5. The van der Waals surface area contributed by atoms with Crippen LogP contribution in [0.3, 0.4) is 0 Å². The second-order valence-corrected chi connectivity index (χ2v) is 7.52. The molecule has 0 aliphatic carbocycles. The van der Waals surface area contributed by atoms with Crippen molar-refractivity contribution in [2.24, 2.45) is 29.1 Å². The van der Waals surface area contributed by atoms with Crippen LogP contribution >= 0.6 is 12.6 Å². The summed E-state index contributed by atoms with van der Waals surface area (Å²) in [5.74, 6) is 3.64. The summed E-state index contributed by atoms with van der Waals surface area (Å²) < 4.78 is 0. The second-order valence-electron chi connectivity index (χ2n) is 7.20. The van der Waals surface area contributed by atoms with Crippen LogP contribution in [0.1, 0.15) is 67.2 Å². The summed E-state index contributed by atoms with van der Waals surface area (Å²) in [5.41, 5.74) is 0.251. The highest BCUT2D eigenvalue weighted by molar-refractivity contribution is 7.80. The second kappa shape index (κ2) is 10.5. The quantitative estimate of drug-likeness (QED) is 0.315. The van der Waals surface area contributed by atoms with Gasteiger partial charge in [-0.05, 0) is 54.6 Å². The number of allylic oxidation sites excluding steroid dienone is 3. The molecule has 0 radical (unpaired) electrons. The molecule has 1 heteroatoms. The Balaban J connectivity index is 4.77. The topological polar surface area (TPSA) is 0 Å². The van der Waals surface area contributed by atoms with Crippen LogP contribution in [0, 0.1) is 29.1 Å². The first-order chi connectivity index (χ1) is 9.87. The highest BCUT2D eigenvalue weighted by Crippen LogP contribution is 2.44. The summed E-state index contributed by atoms with van der Waals surface area (Å²) in [5, 5.41) is 0. The molecule has 0 rings (SSSR count). The molecule has 0 saturated carbocycles. The highest BCUT2D eigenvalue weighted by Gasteiger charge is 2.38. The van der Waals surface area contributed by atoms with Gasteiger partial charge in [-0.25, -0.2) is 0 Å². The van der Waals surface area contributed by atoms with E-state index in [1.165, 1.54) is 25.7 Å². The van der Waals surface area contributed by atoms with Crippen LogP contribution in [-0.4, -0.2) is 5.75 Å². The lowest BCUT2D eigenvalue weighted by Gasteiger charge is -2.43. The molecule has 0 amide bonds. The molecule has 0 aromatic carbocycles. The Kier molecular flexibility index (Phi) is 10.5. The fraction of sp³-hybridized carbons (Fsp3) is 0.800. The summed E-state index contributed by atoms with van der Waals surface area (Å²) in [6.45, 7) is 18.1. The van der Waals surface area contributed by atoms with E-state index in [0.717, 1.165) is 11.7 Å². The maximum Gasteiger partial charge on any atom is -0.00355 e. The van der Waals surface area contributed by atoms with E-state index in [0.29, 0.717) is 17.8 Å². The smallest absolute Gasteiger partial charge is 0.00355 e. The largest absolute Gasteiger partial charge is 0.179 e. The van der Waals surface area contributed by atoms with Gasteiger partial charge in [-0.15, -0.1) is 6.58 Å². The molecule has 0 heterocycles. The lowest BCUT2D eigenvalue weighted by atomic mass is 9.63. The van der Waals surface area contributed by atoms with Crippen molar-refractivity contribution >= 4 is 12.6 Å². The van der Waals surface area contributed by atoms with Crippen molar-refractivity contribution < 1.29 is 0 Å². The third-order valence-electron chi connectivity index (χ3n) is 5.61. The predicted molar refractivity (Wildman–Crippen MR) is 102 cm³/mol. The molecule has 0 aromatic heterocycles. The fourth-order valence-corrected chi connectivity index (χ4v) is 3.87. The van der Waals surface area contributed by atoms with Crippen LogP contribution in [0.4, 0.5) is 0 Å². The summed E-state index contributed by atoms with van der Waals surface area (Å²) in [7, 11) is 0. The zero-order valence-corrected chi connectivity index (χ0v) is 16.1. The Bertz CT molecular complexity index is 307. The molecule has 0 fully saturated rings. The maximum absolute atomic E-state index is 4.71. The summed E-state index contributed by atoms with van der Waals surface area (Å²) >= 11 is 4.71. The molecule has 0 N–H and O–H groups in total. The normalized spacial score (nSPS) is 20.7. The lowest BCUT2D eigenvalue weighted by molar-refractivity contribution is 0.111. The molecule has 0 spiro atoms. The molecular formula is C20H38S. The van der Waals surface area contributed by atoms with Crippen LogP contribution in [0.5, 0.6) is 0 Å². The van der Waals surface area contributed by atoms with E-state index in [1.807, 2.05) is 0 Å². The molecule has 5 unspecified atom stereocenters. The first-order valence-corrected chi connectivity index (χ1v) is 9.35. The third-order valence-corrected chi connectivity index (χ3v) is 6.29. The molecule has 21 heavy (non-hydrogen) atoms. The van der Waals surface area contributed by atoms with Gasteiger partial charge in [0.15, 0.2) is 0 Å². The van der Waals surface area contributed by atoms with Crippen molar-refractivity contribution in [2.75, 3.05) is 5.75 Å². The molecule has 0 nitrogen and oxygen atoms in total. The third kappa shape index (κ3) is 6.22. The van der Waals surface area contributed by atoms with Crippen molar-refractivity contribution in [2.45, 2.75) is 67.2 Å². The van der Waals surface area contributed by atoms with Crippen molar-refractivity contribution in [1.29, 1.82) is 0 Å². The summed E-state index contributed by atoms with van der Waals surface area (Å²) in [6, 6.07) is 0. The predicted octanol–water partition coefficient (Wildman–Crippen LogP) is 6.79. The molecule has 124 valence electrons. The monoisotopic (exact) mass is 310 g/mol. The summed E-state index contributed by atoms with van der Waals surface area (Å²) in [4.78, 5) is 0. The minimum atomic E-state index is 0.251. The molecule has 5 atom stereocenters. The van der Waals surface area contributed by atoms with Gasteiger partial charge >= 0.3 is 0 Å². The van der Waals surface area contributed by atoms with E-state index in [1.54, 1.807) is 0 Å². The Morgan fingerprint density at radius 2 is 1.81 bits per heavy atom. The van der Waals surface area contributed by atoms with E-state index in [2.05, 4.69) is 66.3 Å². The van der Waals surface area contributed by atoms with E-state index in [-0.39, 0.29) is 5.41 Å². The SMILES string of the molecule is C=CC(C(C)CC)C(C)(CS)C(C)CCC(C)C/C=C\C. The minimum Gasteiger partial charge on any atom is -0.179 e. The zero-order valence-electron chi connectivity index (χ0n) is 15.2. The van der Waals surface area contributed by atoms with Crippen molar-refractivity contribution in [3.63, 3.8) is 0 Å². The Morgan fingerprint density at radius 3 is 2.24 bits per heavy atom. The van der Waals surface area contributed by atoms with Crippen molar-refractivity contribution in [1.82, 2.24) is 0 Å². The van der Waals surface area contributed by atoms with E-state index in [4.69, 9.17) is 12.6 Å². The van der Waals surface area contributed by atoms with Gasteiger partial charge in [-0.3, -0.25) is 0 Å². The van der Waals surface area contributed by atoms with Gasteiger partial charge in [-0.1, -0.05) is 65.7 Å². The molecule has 0 saturated heterocycles. The van der Waals surface area contributed by atoms with Gasteiger partial charge in [0.2, 0.25) is 0 Å². The first-order valence-electron chi connectivity index (χ1n) is 8.71. The Hall–Kier alpha value is -0.170. The van der Waals surface area contributed by atoms with Crippen LogP contribution in [0.25, 0.3) is 0 Å². The Morgan fingerprint density at radius 1 is 1.19 bits per heavy atom. The number of thiol groups is 1. The van der Waals surface area contributed by atoms with Crippen LogP contribution in [-0.2, 0) is 0 Å². The summed E-state index contributed by atoms with van der Waals surface area (Å²) in [6.07, 6.45) is 11.6. The van der Waals surface area contributed by atoms with E-state index < -0.39 is 0 Å². The van der Waals surface area contributed by atoms with Crippen molar-refractivity contribution in [3.8, 4) is 0 Å². The van der Waals surface area contributed by atoms with Gasteiger partial charge in [-0.2, -0.15) is 12.6 Å². The highest BCUT2D eigenvalue weighted by atomic mass is 32.1.